The third kappa shape index (κ3) is 2.05. The van der Waals surface area contributed by atoms with E-state index in [4.69, 9.17) is 0 Å². The lowest BCUT2D eigenvalue weighted by Gasteiger charge is -2.34. The first-order valence-corrected chi connectivity index (χ1v) is 7.49. The lowest BCUT2D eigenvalue weighted by atomic mass is 9.76. The van der Waals surface area contributed by atoms with E-state index in [1.165, 1.54) is 25.7 Å². The van der Waals surface area contributed by atoms with Crippen molar-refractivity contribution in [2.45, 2.75) is 66.3 Å². The monoisotopic (exact) mass is 237 g/mol. The maximum atomic E-state index is 3.67. The molecule has 17 heavy (non-hydrogen) atoms. The molecule has 1 N–H and O–H groups in total. The third-order valence-corrected chi connectivity index (χ3v) is 6.31. The molecule has 2 saturated carbocycles. The van der Waals surface area contributed by atoms with E-state index in [1.54, 1.807) is 0 Å². The van der Waals surface area contributed by atoms with Crippen LogP contribution in [-0.4, -0.2) is 13.1 Å². The van der Waals surface area contributed by atoms with Crippen molar-refractivity contribution in [1.82, 2.24) is 5.32 Å². The van der Waals surface area contributed by atoms with Gasteiger partial charge in [0.25, 0.3) is 0 Å². The van der Waals surface area contributed by atoms with E-state index in [2.05, 4.69) is 47.0 Å². The van der Waals surface area contributed by atoms with Gasteiger partial charge in [0.05, 0.1) is 0 Å². The van der Waals surface area contributed by atoms with Crippen molar-refractivity contribution in [3.05, 3.63) is 0 Å². The number of rotatable bonds is 3. The molecule has 100 valence electrons. The second-order valence-electron chi connectivity index (χ2n) is 7.77. The fourth-order valence-electron chi connectivity index (χ4n) is 4.63. The van der Waals surface area contributed by atoms with Crippen LogP contribution in [0.25, 0.3) is 0 Å². The van der Waals surface area contributed by atoms with Crippen LogP contribution < -0.4 is 5.32 Å². The Morgan fingerprint density at radius 2 is 1.65 bits per heavy atom. The molecule has 2 rings (SSSR count). The van der Waals surface area contributed by atoms with Gasteiger partial charge in [0.2, 0.25) is 0 Å². The van der Waals surface area contributed by atoms with E-state index in [1.807, 2.05) is 0 Å². The molecule has 0 aliphatic heterocycles. The van der Waals surface area contributed by atoms with E-state index in [0.717, 1.165) is 23.8 Å². The van der Waals surface area contributed by atoms with Crippen LogP contribution in [0.1, 0.15) is 60.3 Å². The SMILES string of the molecule is CNC(C1CCCC(C)C1)C1C(C)(C)C1(C)C. The van der Waals surface area contributed by atoms with Crippen LogP contribution in [0.3, 0.4) is 0 Å². The summed E-state index contributed by atoms with van der Waals surface area (Å²) in [5.41, 5.74) is 1.03. The van der Waals surface area contributed by atoms with E-state index < -0.39 is 0 Å². The van der Waals surface area contributed by atoms with Crippen LogP contribution in [0.4, 0.5) is 0 Å². The molecule has 0 heterocycles. The zero-order chi connectivity index (χ0) is 12.8. The fourth-order valence-corrected chi connectivity index (χ4v) is 4.63. The number of nitrogens with one attached hydrogen (secondary N) is 1. The molecule has 1 heteroatoms. The van der Waals surface area contributed by atoms with E-state index in [0.29, 0.717) is 10.8 Å². The van der Waals surface area contributed by atoms with Crippen molar-refractivity contribution in [3.8, 4) is 0 Å². The van der Waals surface area contributed by atoms with Gasteiger partial charge >= 0.3 is 0 Å². The molecule has 0 aromatic rings. The van der Waals surface area contributed by atoms with Gasteiger partial charge in [-0.2, -0.15) is 0 Å². The van der Waals surface area contributed by atoms with Gasteiger partial charge < -0.3 is 5.32 Å². The van der Waals surface area contributed by atoms with Gasteiger partial charge in [-0.3, -0.25) is 0 Å². The predicted molar refractivity (Wildman–Crippen MR) is 75.0 cm³/mol. The van der Waals surface area contributed by atoms with Crippen LogP contribution in [0, 0.1) is 28.6 Å². The van der Waals surface area contributed by atoms with Gasteiger partial charge in [0.1, 0.15) is 0 Å². The molecule has 0 aromatic heterocycles. The van der Waals surface area contributed by atoms with Crippen molar-refractivity contribution >= 4 is 0 Å². The first-order chi connectivity index (χ1) is 7.82. The molecule has 0 bridgehead atoms. The van der Waals surface area contributed by atoms with Crippen LogP contribution in [0.15, 0.2) is 0 Å². The lowest BCUT2D eigenvalue weighted by Crippen LogP contribution is -2.39. The molecular weight excluding hydrogens is 206 g/mol. The Kier molecular flexibility index (Phi) is 3.36. The summed E-state index contributed by atoms with van der Waals surface area (Å²) in [5, 5.41) is 3.67. The minimum absolute atomic E-state index is 0.515. The number of hydrogen-bond donors (Lipinski definition) is 1. The predicted octanol–water partition coefficient (Wildman–Crippen LogP) is 4.08. The van der Waals surface area contributed by atoms with Crippen molar-refractivity contribution in [1.29, 1.82) is 0 Å². The Bertz CT molecular complexity index is 265. The number of hydrogen-bond acceptors (Lipinski definition) is 1. The average molecular weight is 237 g/mol. The van der Waals surface area contributed by atoms with E-state index >= 15 is 0 Å². The molecule has 0 radical (unpaired) electrons. The molecule has 0 amide bonds. The maximum absolute atomic E-state index is 3.67. The van der Waals surface area contributed by atoms with Crippen molar-refractivity contribution in [2.24, 2.45) is 28.6 Å². The Morgan fingerprint density at radius 3 is 2.06 bits per heavy atom. The lowest BCUT2D eigenvalue weighted by molar-refractivity contribution is 0.198. The van der Waals surface area contributed by atoms with Gasteiger partial charge in [0, 0.05) is 6.04 Å². The van der Waals surface area contributed by atoms with Gasteiger partial charge in [0.15, 0.2) is 0 Å². The highest BCUT2D eigenvalue weighted by molar-refractivity contribution is 5.17. The first-order valence-electron chi connectivity index (χ1n) is 7.49. The Labute approximate surface area is 108 Å². The highest BCUT2D eigenvalue weighted by atomic mass is 14.9. The van der Waals surface area contributed by atoms with Gasteiger partial charge in [-0.1, -0.05) is 47.5 Å². The molecule has 2 aliphatic rings. The Hall–Kier alpha value is -0.0400. The average Bonchev–Trinajstić information content (AvgIpc) is 2.62. The molecule has 3 atom stereocenters. The molecular formula is C16H31N. The normalized spacial score (nSPS) is 37.8. The molecule has 1 nitrogen and oxygen atoms in total. The quantitative estimate of drug-likeness (QED) is 0.780. The van der Waals surface area contributed by atoms with Gasteiger partial charge in [-0.05, 0) is 48.5 Å². The molecule has 2 aliphatic carbocycles. The molecule has 2 fully saturated rings. The minimum Gasteiger partial charge on any atom is -0.316 e. The highest BCUT2D eigenvalue weighted by Crippen LogP contribution is 2.70. The third-order valence-electron chi connectivity index (χ3n) is 6.31. The summed E-state index contributed by atoms with van der Waals surface area (Å²) in [5.74, 6) is 2.71. The molecule has 0 aromatic carbocycles. The molecule has 3 unspecified atom stereocenters. The fraction of sp³-hybridized carbons (Fsp3) is 1.00. The van der Waals surface area contributed by atoms with Crippen LogP contribution >= 0.6 is 0 Å². The second kappa shape index (κ2) is 4.26. The second-order valence-corrected chi connectivity index (χ2v) is 7.77. The summed E-state index contributed by atoms with van der Waals surface area (Å²) >= 11 is 0. The Morgan fingerprint density at radius 1 is 1.06 bits per heavy atom. The van der Waals surface area contributed by atoms with E-state index in [-0.39, 0.29) is 0 Å². The topological polar surface area (TPSA) is 12.0 Å². The largest absolute Gasteiger partial charge is 0.316 e. The smallest absolute Gasteiger partial charge is 0.0131 e. The zero-order valence-corrected chi connectivity index (χ0v) is 12.6. The minimum atomic E-state index is 0.515. The summed E-state index contributed by atoms with van der Waals surface area (Å²) in [6, 6.07) is 0.739. The van der Waals surface area contributed by atoms with Crippen molar-refractivity contribution in [2.75, 3.05) is 7.05 Å². The molecule has 0 saturated heterocycles. The van der Waals surface area contributed by atoms with E-state index in [9.17, 15) is 0 Å². The molecule has 0 spiro atoms. The standard InChI is InChI=1S/C16H31N/c1-11-8-7-9-12(10-11)13(17-6)14-15(2,3)16(14,4)5/h11-14,17H,7-10H2,1-6H3. The van der Waals surface area contributed by atoms with Crippen molar-refractivity contribution in [3.63, 3.8) is 0 Å². The van der Waals surface area contributed by atoms with Gasteiger partial charge in [-0.15, -0.1) is 0 Å². The first kappa shape index (κ1) is 13.4. The zero-order valence-electron chi connectivity index (χ0n) is 12.6. The summed E-state index contributed by atoms with van der Waals surface area (Å²) in [6.45, 7) is 12.2. The highest BCUT2D eigenvalue weighted by Gasteiger charge is 2.67. The maximum Gasteiger partial charge on any atom is 0.0131 e. The van der Waals surface area contributed by atoms with Crippen molar-refractivity contribution < 1.29 is 0 Å². The summed E-state index contributed by atoms with van der Waals surface area (Å²) in [7, 11) is 2.18. The summed E-state index contributed by atoms with van der Waals surface area (Å²) in [6.07, 6.45) is 5.77. The Balaban J connectivity index is 2.08. The van der Waals surface area contributed by atoms with Crippen LogP contribution in [0.2, 0.25) is 0 Å². The van der Waals surface area contributed by atoms with Crippen LogP contribution in [-0.2, 0) is 0 Å². The van der Waals surface area contributed by atoms with Crippen LogP contribution in [0.5, 0.6) is 0 Å². The van der Waals surface area contributed by atoms with Gasteiger partial charge in [-0.25, -0.2) is 0 Å². The summed E-state index contributed by atoms with van der Waals surface area (Å²) in [4.78, 5) is 0. The summed E-state index contributed by atoms with van der Waals surface area (Å²) < 4.78 is 0.